The molecule has 0 aromatic carbocycles. The number of rotatable bonds is 3. The van der Waals surface area contributed by atoms with E-state index < -0.39 is 0 Å². The zero-order valence-electron chi connectivity index (χ0n) is 9.54. The summed E-state index contributed by atoms with van der Waals surface area (Å²) in [6, 6.07) is 5.45. The first kappa shape index (κ1) is 13.4. The summed E-state index contributed by atoms with van der Waals surface area (Å²) < 4.78 is 0. The fourth-order valence-electron chi connectivity index (χ4n) is 1.44. The maximum absolute atomic E-state index is 6.02. The van der Waals surface area contributed by atoms with Crippen molar-refractivity contribution < 1.29 is 0 Å². The highest BCUT2D eigenvalue weighted by molar-refractivity contribution is 6.42. The average Bonchev–Trinajstić information content (AvgIpc) is 2.34. The summed E-state index contributed by atoms with van der Waals surface area (Å²) in [4.78, 5) is 8.35. The van der Waals surface area contributed by atoms with Gasteiger partial charge in [-0.2, -0.15) is 0 Å². The van der Waals surface area contributed by atoms with Gasteiger partial charge >= 0.3 is 0 Å². The van der Waals surface area contributed by atoms with Gasteiger partial charge in [0.25, 0.3) is 0 Å². The number of nitrogens with one attached hydrogen (secondary N) is 1. The molecular weight excluding hydrogens is 293 g/mol. The Bertz CT molecular complexity index is 572. The van der Waals surface area contributed by atoms with Gasteiger partial charge in [-0.25, -0.2) is 4.98 Å². The average molecular weight is 303 g/mol. The Kier molecular flexibility index (Phi) is 4.27. The molecule has 3 nitrogen and oxygen atoms in total. The molecule has 0 fully saturated rings. The van der Waals surface area contributed by atoms with Crippen LogP contribution >= 0.6 is 34.8 Å². The zero-order valence-corrected chi connectivity index (χ0v) is 11.8. The van der Waals surface area contributed by atoms with Crippen LogP contribution in [-0.2, 0) is 6.54 Å². The SMILES string of the molecule is Cc1cccnc1CNc1nc(Cl)c(Cl)cc1Cl. The van der Waals surface area contributed by atoms with Gasteiger partial charge in [0.05, 0.1) is 22.3 Å². The van der Waals surface area contributed by atoms with E-state index in [1.165, 1.54) is 0 Å². The minimum atomic E-state index is 0.223. The molecular formula is C12H10Cl3N3. The Balaban J connectivity index is 2.16. The summed E-state index contributed by atoms with van der Waals surface area (Å²) in [5, 5.41) is 4.08. The van der Waals surface area contributed by atoms with Crippen molar-refractivity contribution in [3.05, 3.63) is 50.9 Å². The lowest BCUT2D eigenvalue weighted by Crippen LogP contribution is -2.05. The molecule has 6 heteroatoms. The van der Waals surface area contributed by atoms with Crippen molar-refractivity contribution >= 4 is 40.6 Å². The first-order valence-electron chi connectivity index (χ1n) is 5.24. The van der Waals surface area contributed by atoms with Gasteiger partial charge in [-0.3, -0.25) is 4.98 Å². The Morgan fingerprint density at radius 1 is 1.22 bits per heavy atom. The van der Waals surface area contributed by atoms with Crippen LogP contribution in [0.1, 0.15) is 11.3 Å². The molecule has 0 bridgehead atoms. The summed E-state index contributed by atoms with van der Waals surface area (Å²) in [7, 11) is 0. The van der Waals surface area contributed by atoms with Crippen molar-refractivity contribution in [2.24, 2.45) is 0 Å². The molecule has 0 aliphatic rings. The summed E-state index contributed by atoms with van der Waals surface area (Å²) >= 11 is 17.7. The Hall–Kier alpha value is -1.03. The van der Waals surface area contributed by atoms with Crippen LogP contribution in [-0.4, -0.2) is 9.97 Å². The van der Waals surface area contributed by atoms with Crippen LogP contribution in [0.15, 0.2) is 24.4 Å². The zero-order chi connectivity index (χ0) is 13.1. The third-order valence-electron chi connectivity index (χ3n) is 2.43. The van der Waals surface area contributed by atoms with Gasteiger partial charge in [0, 0.05) is 6.20 Å². The third-order valence-corrected chi connectivity index (χ3v) is 3.39. The molecule has 0 aliphatic heterocycles. The highest BCUT2D eigenvalue weighted by Crippen LogP contribution is 2.29. The normalized spacial score (nSPS) is 10.4. The number of hydrogen-bond acceptors (Lipinski definition) is 3. The van der Waals surface area contributed by atoms with Crippen molar-refractivity contribution in [1.82, 2.24) is 9.97 Å². The first-order chi connectivity index (χ1) is 8.58. The van der Waals surface area contributed by atoms with Gasteiger partial charge in [0.15, 0.2) is 0 Å². The van der Waals surface area contributed by atoms with Crippen molar-refractivity contribution in [3.63, 3.8) is 0 Å². The topological polar surface area (TPSA) is 37.8 Å². The molecule has 0 radical (unpaired) electrons. The molecule has 0 amide bonds. The van der Waals surface area contributed by atoms with E-state index in [-0.39, 0.29) is 5.15 Å². The predicted molar refractivity (Wildman–Crippen MR) is 75.6 cm³/mol. The summed E-state index contributed by atoms with van der Waals surface area (Å²) in [6.07, 6.45) is 1.74. The van der Waals surface area contributed by atoms with Crippen LogP contribution in [0.3, 0.4) is 0 Å². The van der Waals surface area contributed by atoms with Crippen LogP contribution < -0.4 is 5.32 Å². The monoisotopic (exact) mass is 301 g/mol. The fraction of sp³-hybridized carbons (Fsp3) is 0.167. The van der Waals surface area contributed by atoms with Crippen molar-refractivity contribution in [3.8, 4) is 0 Å². The third kappa shape index (κ3) is 3.05. The van der Waals surface area contributed by atoms with E-state index in [0.717, 1.165) is 11.3 Å². The fourth-order valence-corrected chi connectivity index (χ4v) is 2.00. The number of anilines is 1. The number of hydrogen-bond donors (Lipinski definition) is 1. The molecule has 0 unspecified atom stereocenters. The van der Waals surface area contributed by atoms with Crippen LogP contribution in [0, 0.1) is 6.92 Å². The Morgan fingerprint density at radius 3 is 2.72 bits per heavy atom. The van der Waals surface area contributed by atoms with E-state index >= 15 is 0 Å². The van der Waals surface area contributed by atoms with Crippen LogP contribution in [0.4, 0.5) is 5.82 Å². The van der Waals surface area contributed by atoms with Crippen molar-refractivity contribution in [2.75, 3.05) is 5.32 Å². The van der Waals surface area contributed by atoms with Crippen LogP contribution in [0.2, 0.25) is 15.2 Å². The molecule has 0 aliphatic carbocycles. The second kappa shape index (κ2) is 5.74. The molecule has 18 heavy (non-hydrogen) atoms. The van der Waals surface area contributed by atoms with E-state index in [1.54, 1.807) is 12.3 Å². The summed E-state index contributed by atoms with van der Waals surface area (Å²) in [6.45, 7) is 2.52. The number of nitrogens with zero attached hydrogens (tertiary/aromatic N) is 2. The van der Waals surface area contributed by atoms with E-state index in [2.05, 4.69) is 15.3 Å². The van der Waals surface area contributed by atoms with Crippen LogP contribution in [0.5, 0.6) is 0 Å². The lowest BCUT2D eigenvalue weighted by molar-refractivity contribution is 1.01. The maximum atomic E-state index is 6.02. The molecule has 2 rings (SSSR count). The number of aromatic nitrogens is 2. The Labute approximate surface area is 120 Å². The van der Waals surface area contributed by atoms with E-state index in [9.17, 15) is 0 Å². The van der Waals surface area contributed by atoms with Crippen molar-refractivity contribution in [1.29, 1.82) is 0 Å². The van der Waals surface area contributed by atoms with Gasteiger partial charge in [-0.15, -0.1) is 0 Å². The second-order valence-electron chi connectivity index (χ2n) is 3.71. The molecule has 1 N–H and O–H groups in total. The predicted octanol–water partition coefficient (Wildman–Crippen LogP) is 4.36. The lowest BCUT2D eigenvalue weighted by atomic mass is 10.2. The minimum absolute atomic E-state index is 0.223. The summed E-state index contributed by atoms with van der Waals surface area (Å²) in [5.74, 6) is 0.496. The number of aryl methyl sites for hydroxylation is 1. The Morgan fingerprint density at radius 2 is 2.00 bits per heavy atom. The van der Waals surface area contributed by atoms with E-state index in [1.807, 2.05) is 19.1 Å². The van der Waals surface area contributed by atoms with Crippen LogP contribution in [0.25, 0.3) is 0 Å². The number of pyridine rings is 2. The second-order valence-corrected chi connectivity index (χ2v) is 4.88. The minimum Gasteiger partial charge on any atom is -0.363 e. The molecule has 0 spiro atoms. The molecule has 2 aromatic rings. The largest absolute Gasteiger partial charge is 0.363 e. The van der Waals surface area contributed by atoms with E-state index in [4.69, 9.17) is 34.8 Å². The van der Waals surface area contributed by atoms with Gasteiger partial charge in [0.1, 0.15) is 11.0 Å². The molecule has 2 heterocycles. The smallest absolute Gasteiger partial charge is 0.150 e. The molecule has 0 atom stereocenters. The lowest BCUT2D eigenvalue weighted by Gasteiger charge is -2.09. The van der Waals surface area contributed by atoms with Crippen molar-refractivity contribution in [2.45, 2.75) is 13.5 Å². The van der Waals surface area contributed by atoms with Gasteiger partial charge < -0.3 is 5.32 Å². The standard InChI is InChI=1S/C12H10Cl3N3/c1-7-3-2-4-16-10(7)6-17-12-9(14)5-8(13)11(15)18-12/h2-5H,6H2,1H3,(H,17,18). The highest BCUT2D eigenvalue weighted by atomic mass is 35.5. The highest BCUT2D eigenvalue weighted by Gasteiger charge is 2.08. The first-order valence-corrected chi connectivity index (χ1v) is 6.37. The molecule has 94 valence electrons. The molecule has 2 aromatic heterocycles. The maximum Gasteiger partial charge on any atom is 0.150 e. The van der Waals surface area contributed by atoms with Gasteiger partial charge in [-0.1, -0.05) is 40.9 Å². The van der Waals surface area contributed by atoms with Gasteiger partial charge in [-0.05, 0) is 24.6 Å². The molecule has 0 saturated carbocycles. The van der Waals surface area contributed by atoms with E-state index in [0.29, 0.717) is 22.4 Å². The molecule has 0 saturated heterocycles. The summed E-state index contributed by atoms with van der Waals surface area (Å²) in [5.41, 5.74) is 2.03. The van der Waals surface area contributed by atoms with Gasteiger partial charge in [0.2, 0.25) is 0 Å². The quantitative estimate of drug-likeness (QED) is 0.856. The number of halogens is 3.